The number of aliphatic hydroxyl groups is 1. The molecule has 0 radical (unpaired) electrons. The number of ether oxygens (including phenoxy) is 1. The SMILES string of the molecule is CCCCCCC/C=C\C/C=C\CCCCCCCCCCCCCC(=O)OC1CCC2(C)C(CCC3C2CC(O)C2(C)C(C(C)CCC(=O)NCC(=O)O)CCC32)C1. The first kappa shape index (κ1) is 49.5. The Morgan fingerprint density at radius 2 is 1.34 bits per heavy atom. The number of hydrogen-bond acceptors (Lipinski definition) is 5. The molecule has 7 heteroatoms. The number of hydrogen-bond donors (Lipinski definition) is 3. The van der Waals surface area contributed by atoms with Crippen molar-refractivity contribution in [2.24, 2.45) is 46.3 Å². The number of unbranched alkanes of at least 4 members (excludes halogenated alkanes) is 16. The van der Waals surface area contributed by atoms with Crippen molar-refractivity contribution in [2.45, 2.75) is 233 Å². The Morgan fingerprint density at radius 3 is 1.97 bits per heavy atom. The van der Waals surface area contributed by atoms with Gasteiger partial charge >= 0.3 is 11.9 Å². The largest absolute Gasteiger partial charge is 0.480 e. The van der Waals surface area contributed by atoms with Crippen LogP contribution in [0.5, 0.6) is 0 Å². The number of rotatable bonds is 29. The van der Waals surface area contributed by atoms with Gasteiger partial charge in [0.2, 0.25) is 5.91 Å². The monoisotopic (exact) mass is 824 g/mol. The van der Waals surface area contributed by atoms with Crippen LogP contribution < -0.4 is 5.32 Å². The lowest BCUT2D eigenvalue weighted by Gasteiger charge is -2.62. The Labute approximate surface area is 361 Å². The lowest BCUT2D eigenvalue weighted by atomic mass is 9.43. The lowest BCUT2D eigenvalue weighted by Crippen LogP contribution is -2.59. The minimum absolute atomic E-state index is 0.00236. The predicted octanol–water partition coefficient (Wildman–Crippen LogP) is 13.1. The van der Waals surface area contributed by atoms with Crippen molar-refractivity contribution in [3.63, 3.8) is 0 Å². The molecule has 4 rings (SSSR count). The van der Waals surface area contributed by atoms with E-state index in [4.69, 9.17) is 9.84 Å². The van der Waals surface area contributed by atoms with Crippen LogP contribution in [0.3, 0.4) is 0 Å². The number of carbonyl (C=O) groups excluding carboxylic acids is 2. The van der Waals surface area contributed by atoms with Gasteiger partial charge in [-0.3, -0.25) is 14.4 Å². The van der Waals surface area contributed by atoms with Gasteiger partial charge in [-0.2, -0.15) is 0 Å². The summed E-state index contributed by atoms with van der Waals surface area (Å²) < 4.78 is 6.13. The van der Waals surface area contributed by atoms with E-state index >= 15 is 0 Å². The molecule has 4 saturated carbocycles. The van der Waals surface area contributed by atoms with Gasteiger partial charge in [-0.15, -0.1) is 0 Å². The summed E-state index contributed by atoms with van der Waals surface area (Å²) in [6.07, 6.45) is 43.5. The molecule has 10 atom stereocenters. The highest BCUT2D eigenvalue weighted by atomic mass is 16.5. The van der Waals surface area contributed by atoms with E-state index in [0.29, 0.717) is 48.3 Å². The Balaban J connectivity index is 1.02. The summed E-state index contributed by atoms with van der Waals surface area (Å²) in [5.41, 5.74) is 0.0397. The molecule has 0 heterocycles. The van der Waals surface area contributed by atoms with E-state index in [1.807, 2.05) is 0 Å². The second-order valence-electron chi connectivity index (χ2n) is 20.3. The zero-order valence-corrected chi connectivity index (χ0v) is 38.4. The molecule has 4 aliphatic carbocycles. The fourth-order valence-corrected chi connectivity index (χ4v) is 12.8. The van der Waals surface area contributed by atoms with Crippen LogP contribution in [0, 0.1) is 46.3 Å². The van der Waals surface area contributed by atoms with Gasteiger partial charge in [0.1, 0.15) is 12.6 Å². The number of aliphatic hydroxyl groups excluding tert-OH is 1. The summed E-state index contributed by atoms with van der Waals surface area (Å²) in [5, 5.41) is 23.3. The Kier molecular flexibility index (Phi) is 22.1. The fraction of sp³-hybridized carbons (Fsp3) is 0.865. The van der Waals surface area contributed by atoms with Gasteiger partial charge in [-0.25, -0.2) is 0 Å². The van der Waals surface area contributed by atoms with Gasteiger partial charge in [-0.1, -0.05) is 135 Å². The molecule has 59 heavy (non-hydrogen) atoms. The van der Waals surface area contributed by atoms with Crippen molar-refractivity contribution in [2.75, 3.05) is 6.54 Å². The number of esters is 1. The third kappa shape index (κ3) is 15.3. The van der Waals surface area contributed by atoms with Gasteiger partial charge in [0.05, 0.1) is 6.10 Å². The first-order valence-corrected chi connectivity index (χ1v) is 25.2. The first-order valence-electron chi connectivity index (χ1n) is 25.2. The van der Waals surface area contributed by atoms with E-state index in [0.717, 1.165) is 64.2 Å². The molecule has 1 amide bonds. The van der Waals surface area contributed by atoms with Crippen LogP contribution in [0.15, 0.2) is 24.3 Å². The van der Waals surface area contributed by atoms with Crippen molar-refractivity contribution in [3.05, 3.63) is 24.3 Å². The maximum atomic E-state index is 12.9. The van der Waals surface area contributed by atoms with E-state index in [1.165, 1.54) is 116 Å². The second-order valence-corrected chi connectivity index (χ2v) is 20.3. The molecule has 7 nitrogen and oxygen atoms in total. The van der Waals surface area contributed by atoms with E-state index in [9.17, 15) is 19.5 Å². The lowest BCUT2D eigenvalue weighted by molar-refractivity contribution is -0.181. The van der Waals surface area contributed by atoms with Crippen molar-refractivity contribution in [1.82, 2.24) is 5.32 Å². The highest BCUT2D eigenvalue weighted by molar-refractivity contribution is 5.81. The molecule has 0 aromatic rings. The molecule has 4 fully saturated rings. The average molecular weight is 824 g/mol. The quantitative estimate of drug-likeness (QED) is 0.0393. The molecule has 0 aliphatic heterocycles. The third-order valence-corrected chi connectivity index (χ3v) is 16.4. The number of fused-ring (bicyclic) bond motifs is 5. The number of nitrogens with one attached hydrogen (secondary N) is 1. The molecule has 338 valence electrons. The van der Waals surface area contributed by atoms with E-state index in [2.05, 4.69) is 57.3 Å². The van der Waals surface area contributed by atoms with Crippen molar-refractivity contribution in [1.29, 1.82) is 0 Å². The standard InChI is InChI=1S/C52H89NO6/c1-5-6-7-8-9-10-11-12-13-14-15-16-17-18-19-20-21-22-23-24-25-26-27-28-50(58)59-42-35-36-51(3)41(37-42)30-31-43-45-33-32-44(52(45,4)47(54)38-46(43)51)40(2)29-34-48(55)53-39-49(56)57/h11-12,14-15,40-47,54H,5-10,13,16-39H2,1-4H3,(H,53,55)(H,56,57)/b12-11-,15-14-. The highest BCUT2D eigenvalue weighted by Gasteiger charge is 2.63. The molecule has 0 saturated heterocycles. The summed E-state index contributed by atoms with van der Waals surface area (Å²) in [7, 11) is 0. The number of carboxylic acids is 1. The van der Waals surface area contributed by atoms with Crippen molar-refractivity contribution >= 4 is 17.8 Å². The molecule has 4 aliphatic rings. The zero-order valence-electron chi connectivity index (χ0n) is 38.4. The van der Waals surface area contributed by atoms with Gasteiger partial charge < -0.3 is 20.3 Å². The summed E-state index contributed by atoms with van der Waals surface area (Å²) in [4.78, 5) is 36.0. The Hall–Kier alpha value is -2.15. The summed E-state index contributed by atoms with van der Waals surface area (Å²) >= 11 is 0. The number of aliphatic carboxylic acids is 1. The predicted molar refractivity (Wildman–Crippen MR) is 242 cm³/mol. The maximum absolute atomic E-state index is 12.9. The minimum Gasteiger partial charge on any atom is -0.480 e. The summed E-state index contributed by atoms with van der Waals surface area (Å²) in [6, 6.07) is 0. The van der Waals surface area contributed by atoms with Gasteiger partial charge in [-0.05, 0) is 143 Å². The van der Waals surface area contributed by atoms with Crippen LogP contribution in [-0.4, -0.2) is 46.8 Å². The molecular formula is C52H89NO6. The van der Waals surface area contributed by atoms with E-state index in [-0.39, 0.29) is 41.5 Å². The number of carboxylic acid groups (broad SMARTS) is 1. The Morgan fingerprint density at radius 1 is 0.729 bits per heavy atom. The zero-order chi connectivity index (χ0) is 42.5. The smallest absolute Gasteiger partial charge is 0.322 e. The maximum Gasteiger partial charge on any atom is 0.322 e. The summed E-state index contributed by atoms with van der Waals surface area (Å²) in [6.45, 7) is 8.99. The van der Waals surface area contributed by atoms with Crippen molar-refractivity contribution < 1.29 is 29.3 Å². The van der Waals surface area contributed by atoms with Gasteiger partial charge in [0.15, 0.2) is 0 Å². The average Bonchev–Trinajstić information content (AvgIpc) is 3.58. The minimum atomic E-state index is -1.02. The topological polar surface area (TPSA) is 113 Å². The van der Waals surface area contributed by atoms with E-state index in [1.54, 1.807) is 0 Å². The van der Waals surface area contributed by atoms with Crippen LogP contribution in [0.1, 0.15) is 220 Å². The summed E-state index contributed by atoms with van der Waals surface area (Å²) in [5.74, 6) is 1.60. The highest BCUT2D eigenvalue weighted by Crippen LogP contribution is 2.68. The molecule has 0 aromatic carbocycles. The molecule has 3 N–H and O–H groups in total. The van der Waals surface area contributed by atoms with E-state index < -0.39 is 5.97 Å². The van der Waals surface area contributed by atoms with Crippen LogP contribution in [0.25, 0.3) is 0 Å². The van der Waals surface area contributed by atoms with Crippen LogP contribution in [0.2, 0.25) is 0 Å². The van der Waals surface area contributed by atoms with Crippen molar-refractivity contribution in [3.8, 4) is 0 Å². The molecule has 0 aromatic heterocycles. The number of amides is 1. The first-order chi connectivity index (χ1) is 28.5. The van der Waals surface area contributed by atoms with Crippen LogP contribution >= 0.6 is 0 Å². The van der Waals surface area contributed by atoms with Gasteiger partial charge in [0, 0.05) is 12.8 Å². The number of carbonyl (C=O) groups is 3. The Bertz CT molecular complexity index is 1300. The second kappa shape index (κ2) is 26.4. The third-order valence-electron chi connectivity index (χ3n) is 16.4. The molecule has 10 unspecified atom stereocenters. The fourth-order valence-electron chi connectivity index (χ4n) is 12.8. The van der Waals surface area contributed by atoms with Crippen LogP contribution in [0.4, 0.5) is 0 Å². The molecule has 0 bridgehead atoms. The van der Waals surface area contributed by atoms with Crippen LogP contribution in [-0.2, 0) is 19.1 Å². The molecule has 0 spiro atoms. The normalized spacial score (nSPS) is 30.8. The molecular weight excluding hydrogens is 735 g/mol. The number of allylic oxidation sites excluding steroid dienone is 4. The van der Waals surface area contributed by atoms with Gasteiger partial charge in [0.25, 0.3) is 0 Å².